The standard InChI is InChI=1S/C10H23FN2/c1-5-10(2)13(4)9-8-12(3)7-6-11/h10H,5-9H2,1-4H3. The molecule has 0 spiro atoms. The Labute approximate surface area is 81.7 Å². The Balaban J connectivity index is 3.50. The first-order valence-corrected chi connectivity index (χ1v) is 5.06. The van der Waals surface area contributed by atoms with Crippen LogP contribution >= 0.6 is 0 Å². The molecule has 0 aromatic rings. The molecule has 0 aromatic heterocycles. The van der Waals surface area contributed by atoms with Gasteiger partial charge in [-0.05, 0) is 27.4 Å². The van der Waals surface area contributed by atoms with Gasteiger partial charge >= 0.3 is 0 Å². The molecule has 1 atom stereocenters. The fraction of sp³-hybridized carbons (Fsp3) is 1.00. The molecule has 1 unspecified atom stereocenters. The van der Waals surface area contributed by atoms with Crippen LogP contribution in [0.5, 0.6) is 0 Å². The van der Waals surface area contributed by atoms with Gasteiger partial charge in [-0.1, -0.05) is 6.92 Å². The smallest absolute Gasteiger partial charge is 0.102 e. The summed E-state index contributed by atoms with van der Waals surface area (Å²) in [6.45, 7) is 6.68. The first-order valence-electron chi connectivity index (χ1n) is 5.06. The Morgan fingerprint density at radius 1 is 1.15 bits per heavy atom. The lowest BCUT2D eigenvalue weighted by Gasteiger charge is -2.25. The molecular weight excluding hydrogens is 167 g/mol. The lowest BCUT2D eigenvalue weighted by Crippen LogP contribution is -2.36. The van der Waals surface area contributed by atoms with Gasteiger partial charge in [0.05, 0.1) is 0 Å². The molecule has 0 aromatic carbocycles. The van der Waals surface area contributed by atoms with Crippen LogP contribution in [-0.2, 0) is 0 Å². The molecule has 2 nitrogen and oxygen atoms in total. The monoisotopic (exact) mass is 190 g/mol. The van der Waals surface area contributed by atoms with Crippen molar-refractivity contribution in [3.8, 4) is 0 Å². The van der Waals surface area contributed by atoms with Crippen LogP contribution in [0.2, 0.25) is 0 Å². The number of nitrogens with zero attached hydrogens (tertiary/aromatic N) is 2. The lowest BCUT2D eigenvalue weighted by atomic mass is 10.2. The molecule has 0 saturated carbocycles. The van der Waals surface area contributed by atoms with Gasteiger partial charge in [0.25, 0.3) is 0 Å². The van der Waals surface area contributed by atoms with Crippen LogP contribution < -0.4 is 0 Å². The maximum absolute atomic E-state index is 11.9. The van der Waals surface area contributed by atoms with E-state index in [9.17, 15) is 4.39 Å². The maximum atomic E-state index is 11.9. The summed E-state index contributed by atoms with van der Waals surface area (Å²) in [4.78, 5) is 4.34. The van der Waals surface area contributed by atoms with E-state index in [1.54, 1.807) is 0 Å². The van der Waals surface area contributed by atoms with E-state index in [0.29, 0.717) is 12.6 Å². The Morgan fingerprint density at radius 2 is 1.77 bits per heavy atom. The minimum atomic E-state index is -0.246. The summed E-state index contributed by atoms with van der Waals surface area (Å²) in [5.74, 6) is 0. The third-order valence-corrected chi connectivity index (χ3v) is 2.64. The Bertz CT molecular complexity index is 119. The molecule has 0 aliphatic rings. The van der Waals surface area contributed by atoms with E-state index in [0.717, 1.165) is 13.1 Å². The number of hydrogen-bond donors (Lipinski definition) is 0. The number of hydrogen-bond acceptors (Lipinski definition) is 2. The Kier molecular flexibility index (Phi) is 7.19. The number of alkyl halides is 1. The van der Waals surface area contributed by atoms with Gasteiger partial charge in [0.15, 0.2) is 0 Å². The van der Waals surface area contributed by atoms with Crippen molar-refractivity contribution in [1.29, 1.82) is 0 Å². The first-order chi connectivity index (χ1) is 6.11. The largest absolute Gasteiger partial charge is 0.303 e. The molecule has 0 saturated heterocycles. The van der Waals surface area contributed by atoms with Gasteiger partial charge in [0, 0.05) is 25.7 Å². The highest BCUT2D eigenvalue weighted by Gasteiger charge is 2.06. The summed E-state index contributed by atoms with van der Waals surface area (Å²) in [7, 11) is 4.08. The fourth-order valence-corrected chi connectivity index (χ4v) is 1.12. The van der Waals surface area contributed by atoms with Gasteiger partial charge < -0.3 is 9.80 Å². The van der Waals surface area contributed by atoms with E-state index in [1.165, 1.54) is 6.42 Å². The zero-order valence-corrected chi connectivity index (χ0v) is 9.39. The summed E-state index contributed by atoms with van der Waals surface area (Å²) in [6, 6.07) is 0.624. The van der Waals surface area contributed by atoms with Crippen molar-refractivity contribution in [3.05, 3.63) is 0 Å². The first kappa shape index (κ1) is 12.8. The second-order valence-corrected chi connectivity index (χ2v) is 3.73. The third kappa shape index (κ3) is 5.99. The SMILES string of the molecule is CCC(C)N(C)CCN(C)CCF. The zero-order valence-electron chi connectivity index (χ0n) is 9.39. The fourth-order valence-electron chi connectivity index (χ4n) is 1.12. The average Bonchev–Trinajstić information content (AvgIpc) is 2.13. The second kappa shape index (κ2) is 7.27. The highest BCUT2D eigenvalue weighted by Crippen LogP contribution is 1.99. The van der Waals surface area contributed by atoms with E-state index in [-0.39, 0.29) is 6.67 Å². The molecule has 0 amide bonds. The van der Waals surface area contributed by atoms with E-state index in [2.05, 4.69) is 25.8 Å². The highest BCUT2D eigenvalue weighted by atomic mass is 19.1. The lowest BCUT2D eigenvalue weighted by molar-refractivity contribution is 0.205. The van der Waals surface area contributed by atoms with E-state index in [1.807, 2.05) is 11.9 Å². The molecule has 0 aliphatic heterocycles. The molecular formula is C10H23FN2. The quantitative estimate of drug-likeness (QED) is 0.602. The number of rotatable bonds is 7. The van der Waals surface area contributed by atoms with E-state index in [4.69, 9.17) is 0 Å². The van der Waals surface area contributed by atoms with Crippen LogP contribution in [0.1, 0.15) is 20.3 Å². The van der Waals surface area contributed by atoms with E-state index >= 15 is 0 Å². The Morgan fingerprint density at radius 3 is 2.23 bits per heavy atom. The topological polar surface area (TPSA) is 6.48 Å². The Hall–Kier alpha value is -0.150. The molecule has 3 heteroatoms. The molecule has 0 aliphatic carbocycles. The van der Waals surface area contributed by atoms with Crippen LogP contribution in [0.3, 0.4) is 0 Å². The van der Waals surface area contributed by atoms with Crippen LogP contribution in [0.4, 0.5) is 4.39 Å². The molecule has 0 N–H and O–H groups in total. The van der Waals surface area contributed by atoms with Gasteiger partial charge in [0.1, 0.15) is 6.67 Å². The second-order valence-electron chi connectivity index (χ2n) is 3.73. The van der Waals surface area contributed by atoms with Gasteiger partial charge in [-0.25, -0.2) is 4.39 Å². The van der Waals surface area contributed by atoms with Crippen molar-refractivity contribution in [2.45, 2.75) is 26.3 Å². The van der Waals surface area contributed by atoms with Crippen LogP contribution in [0.15, 0.2) is 0 Å². The predicted molar refractivity (Wildman–Crippen MR) is 55.9 cm³/mol. The molecule has 0 heterocycles. The molecule has 13 heavy (non-hydrogen) atoms. The average molecular weight is 190 g/mol. The maximum Gasteiger partial charge on any atom is 0.102 e. The summed E-state index contributed by atoms with van der Waals surface area (Å²) in [6.07, 6.45) is 1.17. The third-order valence-electron chi connectivity index (χ3n) is 2.64. The van der Waals surface area contributed by atoms with Crippen molar-refractivity contribution >= 4 is 0 Å². The highest BCUT2D eigenvalue weighted by molar-refractivity contribution is 4.62. The molecule has 0 radical (unpaired) electrons. The summed E-state index contributed by atoms with van der Waals surface area (Å²) >= 11 is 0. The van der Waals surface area contributed by atoms with Crippen LogP contribution in [-0.4, -0.2) is 56.2 Å². The normalized spacial score (nSPS) is 14.1. The van der Waals surface area contributed by atoms with Gasteiger partial charge in [-0.15, -0.1) is 0 Å². The van der Waals surface area contributed by atoms with Crippen molar-refractivity contribution < 1.29 is 4.39 Å². The molecule has 0 fully saturated rings. The minimum absolute atomic E-state index is 0.246. The zero-order chi connectivity index (χ0) is 10.3. The predicted octanol–water partition coefficient (Wildman–Crippen LogP) is 1.62. The summed E-state index contributed by atoms with van der Waals surface area (Å²) in [5.41, 5.74) is 0. The minimum Gasteiger partial charge on any atom is -0.303 e. The van der Waals surface area contributed by atoms with Gasteiger partial charge in [-0.2, -0.15) is 0 Å². The van der Waals surface area contributed by atoms with Crippen LogP contribution in [0.25, 0.3) is 0 Å². The van der Waals surface area contributed by atoms with Gasteiger partial charge in [-0.3, -0.25) is 0 Å². The van der Waals surface area contributed by atoms with Crippen LogP contribution in [0, 0.1) is 0 Å². The molecule has 80 valence electrons. The molecule has 0 bridgehead atoms. The summed E-state index contributed by atoms with van der Waals surface area (Å²) < 4.78 is 11.9. The number of halogens is 1. The summed E-state index contributed by atoms with van der Waals surface area (Å²) in [5, 5.41) is 0. The van der Waals surface area contributed by atoms with Crippen molar-refractivity contribution in [1.82, 2.24) is 9.80 Å². The van der Waals surface area contributed by atoms with E-state index < -0.39 is 0 Å². The van der Waals surface area contributed by atoms with Crippen molar-refractivity contribution in [3.63, 3.8) is 0 Å². The van der Waals surface area contributed by atoms with Crippen molar-refractivity contribution in [2.75, 3.05) is 40.4 Å². The molecule has 0 rings (SSSR count). The van der Waals surface area contributed by atoms with Gasteiger partial charge in [0.2, 0.25) is 0 Å². The number of likely N-dealkylation sites (N-methyl/N-ethyl adjacent to an activating group) is 2. The van der Waals surface area contributed by atoms with Crippen molar-refractivity contribution in [2.24, 2.45) is 0 Å².